The summed E-state index contributed by atoms with van der Waals surface area (Å²) in [6.07, 6.45) is -0.294. The fraction of sp³-hybridized carbons (Fsp3) is 0.353. The Kier molecular flexibility index (Phi) is 7.53. The second kappa shape index (κ2) is 9.40. The van der Waals surface area contributed by atoms with Gasteiger partial charge in [-0.15, -0.1) is 0 Å². The molecule has 1 atom stereocenters. The second-order valence-electron chi connectivity index (χ2n) is 5.09. The summed E-state index contributed by atoms with van der Waals surface area (Å²) in [7, 11) is 0. The minimum atomic E-state index is -1.11. The van der Waals surface area contributed by atoms with Crippen LogP contribution in [0.2, 0.25) is 0 Å². The summed E-state index contributed by atoms with van der Waals surface area (Å²) in [4.78, 5) is 34.2. The number of carbonyl (C=O) groups is 3. The first-order chi connectivity index (χ1) is 10.9. The third kappa shape index (κ3) is 7.26. The molecule has 0 aliphatic rings. The molecule has 0 saturated carbocycles. The van der Waals surface area contributed by atoms with Crippen LogP contribution in [-0.4, -0.2) is 29.6 Å². The molecule has 0 fully saturated rings. The largest absolute Gasteiger partial charge is 0.481 e. The summed E-state index contributed by atoms with van der Waals surface area (Å²) in [5, 5.41) is 8.89. The molecular weight excluding hydrogens is 300 g/mol. The van der Waals surface area contributed by atoms with Crippen molar-refractivity contribution in [1.29, 1.82) is 0 Å². The molecule has 0 radical (unpaired) electrons. The van der Waals surface area contributed by atoms with Crippen LogP contribution in [0, 0.1) is 5.92 Å². The van der Waals surface area contributed by atoms with Gasteiger partial charge in [0.15, 0.2) is 0 Å². The number of carboxylic acid groups (broad SMARTS) is 1. The molecule has 6 heteroatoms. The van der Waals surface area contributed by atoms with Gasteiger partial charge in [0.05, 0.1) is 18.9 Å². The first kappa shape index (κ1) is 18.4. The van der Waals surface area contributed by atoms with Gasteiger partial charge in [0.25, 0.3) is 0 Å². The lowest BCUT2D eigenvalue weighted by Gasteiger charge is -2.14. The van der Waals surface area contributed by atoms with Gasteiger partial charge in [-0.05, 0) is 18.9 Å². The molecule has 0 bridgehead atoms. The van der Waals surface area contributed by atoms with E-state index in [0.717, 1.165) is 5.56 Å². The molecule has 124 valence electrons. The monoisotopic (exact) mass is 320 g/mol. The zero-order chi connectivity index (χ0) is 17.2. The van der Waals surface area contributed by atoms with E-state index in [0.29, 0.717) is 0 Å². The van der Waals surface area contributed by atoms with Gasteiger partial charge in [-0.3, -0.25) is 9.59 Å². The van der Waals surface area contributed by atoms with E-state index in [2.05, 4.69) is 6.58 Å². The van der Waals surface area contributed by atoms with Crippen molar-refractivity contribution in [3.63, 3.8) is 0 Å². The number of hydrogen-bond acceptors (Lipinski definition) is 5. The Hall–Kier alpha value is -2.63. The van der Waals surface area contributed by atoms with Crippen LogP contribution in [0.3, 0.4) is 0 Å². The summed E-state index contributed by atoms with van der Waals surface area (Å²) >= 11 is 0. The SMILES string of the molecule is C=C(C)C(=O)OCCC(CC(=O)O)C(=O)OCc1ccccc1. The highest BCUT2D eigenvalue weighted by molar-refractivity contribution is 5.87. The number of rotatable bonds is 9. The smallest absolute Gasteiger partial charge is 0.333 e. The van der Waals surface area contributed by atoms with Gasteiger partial charge in [0.1, 0.15) is 6.61 Å². The molecule has 1 aromatic rings. The Labute approximate surface area is 134 Å². The van der Waals surface area contributed by atoms with Crippen LogP contribution in [0.1, 0.15) is 25.3 Å². The molecule has 0 spiro atoms. The normalized spacial score (nSPS) is 11.3. The van der Waals surface area contributed by atoms with Crippen molar-refractivity contribution in [3.05, 3.63) is 48.0 Å². The average molecular weight is 320 g/mol. The van der Waals surface area contributed by atoms with E-state index in [9.17, 15) is 14.4 Å². The van der Waals surface area contributed by atoms with Crippen LogP contribution in [0.4, 0.5) is 0 Å². The van der Waals surface area contributed by atoms with E-state index < -0.39 is 23.8 Å². The van der Waals surface area contributed by atoms with Crippen molar-refractivity contribution >= 4 is 17.9 Å². The number of hydrogen-bond donors (Lipinski definition) is 1. The van der Waals surface area contributed by atoms with Gasteiger partial charge in [-0.1, -0.05) is 36.9 Å². The van der Waals surface area contributed by atoms with E-state index in [1.807, 2.05) is 18.2 Å². The summed E-state index contributed by atoms with van der Waals surface area (Å²) < 4.78 is 10.0. The molecule has 0 aliphatic heterocycles. The van der Waals surface area contributed by atoms with Gasteiger partial charge >= 0.3 is 17.9 Å². The Balaban J connectivity index is 2.51. The van der Waals surface area contributed by atoms with Crippen LogP contribution >= 0.6 is 0 Å². The summed E-state index contributed by atoms with van der Waals surface area (Å²) in [5.41, 5.74) is 1.05. The van der Waals surface area contributed by atoms with E-state index >= 15 is 0 Å². The van der Waals surface area contributed by atoms with E-state index in [1.165, 1.54) is 6.92 Å². The molecule has 1 unspecified atom stereocenters. The molecular formula is C17H20O6. The first-order valence-electron chi connectivity index (χ1n) is 7.15. The van der Waals surface area contributed by atoms with Gasteiger partial charge < -0.3 is 14.6 Å². The molecule has 0 heterocycles. The number of benzene rings is 1. The minimum absolute atomic E-state index is 0.0654. The lowest BCUT2D eigenvalue weighted by atomic mass is 10.0. The lowest BCUT2D eigenvalue weighted by molar-refractivity contribution is -0.155. The van der Waals surface area contributed by atoms with Crippen molar-refractivity contribution in [3.8, 4) is 0 Å². The maximum absolute atomic E-state index is 12.0. The highest BCUT2D eigenvalue weighted by atomic mass is 16.5. The highest BCUT2D eigenvalue weighted by Crippen LogP contribution is 2.14. The van der Waals surface area contributed by atoms with Crippen LogP contribution in [-0.2, 0) is 30.5 Å². The quantitative estimate of drug-likeness (QED) is 0.555. The van der Waals surface area contributed by atoms with Gasteiger partial charge in [-0.2, -0.15) is 0 Å². The summed E-state index contributed by atoms with van der Waals surface area (Å²) in [6.45, 7) is 4.95. The standard InChI is InChI=1S/C17H20O6/c1-12(2)16(20)22-9-8-14(10-15(18)19)17(21)23-11-13-6-4-3-5-7-13/h3-7,14H,1,8-11H2,2H3,(H,18,19). The van der Waals surface area contributed by atoms with E-state index in [1.54, 1.807) is 12.1 Å². The van der Waals surface area contributed by atoms with Gasteiger partial charge in [0.2, 0.25) is 0 Å². The number of carboxylic acids is 1. The third-order valence-corrected chi connectivity index (χ3v) is 3.03. The Morgan fingerprint density at radius 1 is 1.17 bits per heavy atom. The van der Waals surface area contributed by atoms with Crippen molar-refractivity contribution in [2.75, 3.05) is 6.61 Å². The molecule has 6 nitrogen and oxygen atoms in total. The maximum atomic E-state index is 12.0. The van der Waals surface area contributed by atoms with E-state index in [-0.39, 0.29) is 31.6 Å². The molecule has 1 aromatic carbocycles. The lowest BCUT2D eigenvalue weighted by Crippen LogP contribution is -2.23. The van der Waals surface area contributed by atoms with Crippen LogP contribution in [0.5, 0.6) is 0 Å². The molecule has 0 aliphatic carbocycles. The molecule has 23 heavy (non-hydrogen) atoms. The highest BCUT2D eigenvalue weighted by Gasteiger charge is 2.23. The molecule has 0 saturated heterocycles. The number of ether oxygens (including phenoxy) is 2. The molecule has 0 aromatic heterocycles. The van der Waals surface area contributed by atoms with Crippen molar-refractivity contribution in [1.82, 2.24) is 0 Å². The number of esters is 2. The van der Waals surface area contributed by atoms with Crippen LogP contribution in [0.25, 0.3) is 0 Å². The Bertz CT molecular complexity index is 564. The fourth-order valence-corrected chi connectivity index (χ4v) is 1.78. The van der Waals surface area contributed by atoms with Crippen molar-refractivity contribution in [2.45, 2.75) is 26.4 Å². The number of carbonyl (C=O) groups excluding carboxylic acids is 2. The Morgan fingerprint density at radius 3 is 2.39 bits per heavy atom. The summed E-state index contributed by atoms with van der Waals surface area (Å²) in [5.74, 6) is -3.17. The molecule has 1 N–H and O–H groups in total. The Morgan fingerprint density at radius 2 is 1.83 bits per heavy atom. The van der Waals surface area contributed by atoms with Gasteiger partial charge in [-0.25, -0.2) is 4.79 Å². The average Bonchev–Trinajstić information content (AvgIpc) is 2.52. The molecule has 1 rings (SSSR count). The van der Waals surface area contributed by atoms with Gasteiger partial charge in [0, 0.05) is 5.57 Å². The number of aliphatic carboxylic acids is 1. The zero-order valence-corrected chi connectivity index (χ0v) is 13.0. The second-order valence-corrected chi connectivity index (χ2v) is 5.09. The minimum Gasteiger partial charge on any atom is -0.481 e. The predicted molar refractivity (Wildman–Crippen MR) is 82.4 cm³/mol. The van der Waals surface area contributed by atoms with Crippen LogP contribution in [0.15, 0.2) is 42.5 Å². The first-order valence-corrected chi connectivity index (χ1v) is 7.15. The van der Waals surface area contributed by atoms with Crippen molar-refractivity contribution < 1.29 is 29.0 Å². The van der Waals surface area contributed by atoms with E-state index in [4.69, 9.17) is 14.6 Å². The van der Waals surface area contributed by atoms with Crippen LogP contribution < -0.4 is 0 Å². The fourth-order valence-electron chi connectivity index (χ4n) is 1.78. The zero-order valence-electron chi connectivity index (χ0n) is 13.0. The summed E-state index contributed by atoms with van der Waals surface area (Å²) in [6, 6.07) is 9.07. The third-order valence-electron chi connectivity index (χ3n) is 3.03. The molecule has 0 amide bonds. The predicted octanol–water partition coefficient (Wildman–Crippen LogP) is 2.33. The maximum Gasteiger partial charge on any atom is 0.333 e. The topological polar surface area (TPSA) is 89.9 Å². The van der Waals surface area contributed by atoms with Crippen molar-refractivity contribution in [2.24, 2.45) is 5.92 Å².